The molecule has 0 spiro atoms. The van der Waals surface area contributed by atoms with E-state index in [1.165, 1.54) is 12.1 Å². The van der Waals surface area contributed by atoms with Gasteiger partial charge in [-0.05, 0) is 41.7 Å². The van der Waals surface area contributed by atoms with E-state index in [4.69, 9.17) is 15.2 Å². The molecule has 1 aliphatic rings. The van der Waals surface area contributed by atoms with Crippen LogP contribution in [0.4, 0.5) is 36.8 Å². The third-order valence-corrected chi connectivity index (χ3v) is 7.45. The van der Waals surface area contributed by atoms with Gasteiger partial charge in [-0.2, -0.15) is 26.3 Å². The number of morpholine rings is 1. The van der Waals surface area contributed by atoms with Gasteiger partial charge in [-0.3, -0.25) is 4.79 Å². The van der Waals surface area contributed by atoms with E-state index in [0.29, 0.717) is 0 Å². The van der Waals surface area contributed by atoms with Crippen molar-refractivity contribution in [3.8, 4) is 0 Å². The predicted octanol–water partition coefficient (Wildman–Crippen LogP) is 5.38. The third kappa shape index (κ3) is 9.93. The Balaban J connectivity index is 1.41. The molecule has 0 saturated carbocycles. The van der Waals surface area contributed by atoms with Crippen molar-refractivity contribution in [1.29, 1.82) is 0 Å². The van der Waals surface area contributed by atoms with Crippen LogP contribution < -0.4 is 21.7 Å². The van der Waals surface area contributed by atoms with Crippen molar-refractivity contribution < 1.29 is 45.4 Å². The molecule has 0 aromatic heterocycles. The fourth-order valence-electron chi connectivity index (χ4n) is 5.20. The molecule has 0 unspecified atom stereocenters. The molecule has 3 aromatic carbocycles. The van der Waals surface area contributed by atoms with Crippen molar-refractivity contribution in [1.82, 2.24) is 10.6 Å². The van der Waals surface area contributed by atoms with Gasteiger partial charge in [0.2, 0.25) is 5.91 Å². The van der Waals surface area contributed by atoms with Crippen molar-refractivity contribution >= 4 is 17.7 Å². The zero-order chi connectivity index (χ0) is 33.3. The molecule has 8 nitrogen and oxygen atoms in total. The Hall–Kier alpha value is -4.14. The summed E-state index contributed by atoms with van der Waals surface area (Å²) >= 11 is 0. The van der Waals surface area contributed by atoms with Gasteiger partial charge < -0.3 is 31.2 Å². The fraction of sp³-hybridized carbons (Fsp3) is 0.375. The molecule has 5 N–H and O–H groups in total. The number of hydrogen-bond acceptors (Lipinski definition) is 6. The van der Waals surface area contributed by atoms with Crippen molar-refractivity contribution in [2.24, 2.45) is 5.73 Å². The summed E-state index contributed by atoms with van der Waals surface area (Å²) in [6.07, 6.45) is -11.0. The SMILES string of the molecule is N[C@H](C(=O)Nc1cccc(C(F)(F)F)c1CC[C@@H]1CN[C@H](COC(=O)NCC(F)(F)F)CO1)C(c1ccccc1)c1ccccc1. The maximum absolute atomic E-state index is 14.1. The Bertz CT molecular complexity index is 1390. The number of benzene rings is 3. The van der Waals surface area contributed by atoms with Crippen LogP contribution >= 0.6 is 0 Å². The lowest BCUT2D eigenvalue weighted by molar-refractivity contribution is -0.138. The van der Waals surface area contributed by atoms with Gasteiger partial charge in [0.25, 0.3) is 0 Å². The molecule has 248 valence electrons. The fourth-order valence-corrected chi connectivity index (χ4v) is 5.20. The maximum atomic E-state index is 14.1. The molecule has 46 heavy (non-hydrogen) atoms. The first-order valence-corrected chi connectivity index (χ1v) is 14.5. The molecule has 1 aliphatic heterocycles. The molecule has 1 heterocycles. The van der Waals surface area contributed by atoms with Crippen LogP contribution in [0.1, 0.15) is 34.6 Å². The first-order valence-electron chi connectivity index (χ1n) is 14.5. The first-order chi connectivity index (χ1) is 21.8. The van der Waals surface area contributed by atoms with Gasteiger partial charge in [-0.25, -0.2) is 4.79 Å². The van der Waals surface area contributed by atoms with Crippen LogP contribution in [0.3, 0.4) is 0 Å². The number of halogens is 6. The summed E-state index contributed by atoms with van der Waals surface area (Å²) in [6, 6.07) is 20.1. The van der Waals surface area contributed by atoms with Crippen LogP contribution in [-0.4, -0.2) is 62.7 Å². The monoisotopic (exact) mass is 652 g/mol. The lowest BCUT2D eigenvalue weighted by Gasteiger charge is -2.30. The van der Waals surface area contributed by atoms with Crippen molar-refractivity contribution in [2.75, 3.05) is 31.6 Å². The molecule has 14 heteroatoms. The summed E-state index contributed by atoms with van der Waals surface area (Å²) in [5, 5.41) is 7.25. The summed E-state index contributed by atoms with van der Waals surface area (Å²) in [5.74, 6) is -1.22. The number of carbonyl (C=O) groups excluding carboxylic acids is 2. The van der Waals surface area contributed by atoms with Gasteiger partial charge in [-0.1, -0.05) is 66.7 Å². The number of amides is 2. The number of hydrogen-bond donors (Lipinski definition) is 4. The van der Waals surface area contributed by atoms with Gasteiger partial charge >= 0.3 is 18.4 Å². The average Bonchev–Trinajstić information content (AvgIpc) is 3.03. The minimum atomic E-state index is -4.70. The minimum Gasteiger partial charge on any atom is -0.448 e. The highest BCUT2D eigenvalue weighted by Gasteiger charge is 2.36. The molecule has 3 atom stereocenters. The standard InChI is InChI=1S/C32H34F6N4O4/c33-31(34,35)19-41-30(44)46-18-22-17-45-23(16-40-22)14-15-24-25(32(36,37)38)12-7-13-26(24)42-29(43)28(39)27(20-8-3-1-4-9-20)21-10-5-2-6-11-21/h1-13,22-23,27-28,40H,14-19,39H2,(H,41,44)(H,42,43)/t22-,23+,28-/m0/s1. The highest BCUT2D eigenvalue weighted by molar-refractivity contribution is 5.96. The van der Waals surface area contributed by atoms with Crippen molar-refractivity contribution in [3.05, 3.63) is 101 Å². The Labute approximate surface area is 261 Å². The number of anilines is 1. The predicted molar refractivity (Wildman–Crippen MR) is 158 cm³/mol. The number of nitrogens with two attached hydrogens (primary N) is 1. The number of alkyl carbamates (subject to hydrolysis) is 1. The largest absolute Gasteiger partial charge is 0.448 e. The molecule has 2 amide bonds. The van der Waals surface area contributed by atoms with E-state index in [0.717, 1.165) is 17.2 Å². The summed E-state index contributed by atoms with van der Waals surface area (Å²) in [7, 11) is 0. The second-order valence-electron chi connectivity index (χ2n) is 10.8. The zero-order valence-electron chi connectivity index (χ0n) is 24.5. The van der Waals surface area contributed by atoms with Gasteiger partial charge in [0, 0.05) is 18.2 Å². The Morgan fingerprint density at radius 3 is 2.11 bits per heavy atom. The van der Waals surface area contributed by atoms with Crippen LogP contribution in [0.5, 0.6) is 0 Å². The Kier molecular flexibility index (Phi) is 11.7. The van der Waals surface area contributed by atoms with Crippen molar-refractivity contribution in [2.45, 2.75) is 49.3 Å². The van der Waals surface area contributed by atoms with E-state index >= 15 is 0 Å². The lowest BCUT2D eigenvalue weighted by atomic mass is 9.85. The van der Waals surface area contributed by atoms with Crippen LogP contribution in [0.2, 0.25) is 0 Å². The normalized spacial score (nSPS) is 17.7. The van der Waals surface area contributed by atoms with Gasteiger partial charge in [0.1, 0.15) is 13.2 Å². The highest BCUT2D eigenvalue weighted by atomic mass is 19.4. The molecule has 0 bridgehead atoms. The summed E-state index contributed by atoms with van der Waals surface area (Å²) < 4.78 is 89.5. The van der Waals surface area contributed by atoms with Gasteiger partial charge in [0.15, 0.2) is 0 Å². The number of alkyl halides is 6. The number of ether oxygens (including phenoxy) is 2. The minimum absolute atomic E-state index is 0.0109. The summed E-state index contributed by atoms with van der Waals surface area (Å²) in [5.41, 5.74) is 6.98. The van der Waals surface area contributed by atoms with Crippen LogP contribution in [0, 0.1) is 0 Å². The first kappa shape index (κ1) is 34.7. The third-order valence-electron chi connectivity index (χ3n) is 7.45. The second kappa shape index (κ2) is 15.4. The molecular weight excluding hydrogens is 618 g/mol. The van der Waals surface area contributed by atoms with Crippen LogP contribution in [0.15, 0.2) is 78.9 Å². The second-order valence-corrected chi connectivity index (χ2v) is 10.8. The van der Waals surface area contributed by atoms with E-state index in [9.17, 15) is 35.9 Å². The van der Waals surface area contributed by atoms with E-state index in [1.807, 2.05) is 60.7 Å². The van der Waals surface area contributed by atoms with E-state index in [-0.39, 0.29) is 43.9 Å². The maximum Gasteiger partial charge on any atom is 0.416 e. The molecular formula is C32H34F6N4O4. The van der Waals surface area contributed by atoms with E-state index in [1.54, 1.807) is 5.32 Å². The highest BCUT2D eigenvalue weighted by Crippen LogP contribution is 2.37. The van der Waals surface area contributed by atoms with Gasteiger partial charge in [0.05, 0.1) is 30.4 Å². The van der Waals surface area contributed by atoms with Crippen LogP contribution in [-0.2, 0) is 26.9 Å². The van der Waals surface area contributed by atoms with Crippen molar-refractivity contribution in [3.63, 3.8) is 0 Å². The van der Waals surface area contributed by atoms with Gasteiger partial charge in [-0.15, -0.1) is 0 Å². The quantitative estimate of drug-likeness (QED) is 0.207. The molecule has 3 aromatic rings. The van der Waals surface area contributed by atoms with E-state index < -0.39 is 60.6 Å². The average molecular weight is 653 g/mol. The summed E-state index contributed by atoms with van der Waals surface area (Å²) in [4.78, 5) is 25.0. The Morgan fingerprint density at radius 1 is 0.935 bits per heavy atom. The lowest BCUT2D eigenvalue weighted by Crippen LogP contribution is -2.49. The van der Waals surface area contributed by atoms with Crippen LogP contribution in [0.25, 0.3) is 0 Å². The number of nitrogens with one attached hydrogen (secondary N) is 3. The molecule has 0 radical (unpaired) electrons. The molecule has 1 fully saturated rings. The zero-order valence-corrected chi connectivity index (χ0v) is 24.5. The van der Waals surface area contributed by atoms with E-state index in [2.05, 4.69) is 10.6 Å². The summed E-state index contributed by atoms with van der Waals surface area (Å²) in [6.45, 7) is -1.60. The smallest absolute Gasteiger partial charge is 0.416 e. The topological polar surface area (TPSA) is 115 Å². The number of rotatable bonds is 11. The Morgan fingerprint density at radius 2 is 1.57 bits per heavy atom. The molecule has 4 rings (SSSR count). The molecule has 1 saturated heterocycles. The molecule has 0 aliphatic carbocycles. The number of carbonyl (C=O) groups is 2.